The molecule has 0 atom stereocenters. The highest BCUT2D eigenvalue weighted by Gasteiger charge is 2.11. The van der Waals surface area contributed by atoms with Crippen molar-refractivity contribution >= 4 is 39.4 Å². The molecule has 3 N–H and O–H groups in total. The van der Waals surface area contributed by atoms with Crippen LogP contribution >= 0.6 is 11.3 Å². The van der Waals surface area contributed by atoms with E-state index in [0.717, 1.165) is 16.5 Å². The van der Waals surface area contributed by atoms with Crippen LogP contribution in [-0.4, -0.2) is 5.91 Å². The molecule has 1 aromatic heterocycles. The van der Waals surface area contributed by atoms with Crippen molar-refractivity contribution in [3.05, 3.63) is 58.8 Å². The number of hydrogen-bond donors (Lipinski definition) is 2. The van der Waals surface area contributed by atoms with E-state index in [9.17, 15) is 4.79 Å². The average molecular weight is 268 g/mol. The molecule has 4 heteroatoms. The molecule has 3 aromatic rings. The molecule has 1 heterocycles. The molecule has 0 radical (unpaired) electrons. The summed E-state index contributed by atoms with van der Waals surface area (Å²) in [6.07, 6.45) is 0. The van der Waals surface area contributed by atoms with E-state index in [1.807, 2.05) is 47.8 Å². The molecule has 0 aliphatic heterocycles. The lowest BCUT2D eigenvalue weighted by molar-refractivity contribution is 0.103. The first-order valence-electron chi connectivity index (χ1n) is 5.87. The number of nitrogens with two attached hydrogens (primary N) is 1. The Morgan fingerprint density at radius 2 is 1.84 bits per heavy atom. The molecule has 0 unspecified atom stereocenters. The molecule has 3 nitrogen and oxygen atoms in total. The molecule has 0 fully saturated rings. The van der Waals surface area contributed by atoms with Gasteiger partial charge in [-0.25, -0.2) is 0 Å². The fraction of sp³-hybridized carbons (Fsp3) is 0. The van der Waals surface area contributed by atoms with Gasteiger partial charge >= 0.3 is 0 Å². The molecule has 0 bridgehead atoms. The number of hydrogen-bond acceptors (Lipinski definition) is 3. The topological polar surface area (TPSA) is 55.1 Å². The monoisotopic (exact) mass is 268 g/mol. The van der Waals surface area contributed by atoms with Crippen molar-refractivity contribution in [1.82, 2.24) is 0 Å². The quantitative estimate of drug-likeness (QED) is 0.744. The highest BCUT2D eigenvalue weighted by molar-refractivity contribution is 7.12. The second-order valence-corrected chi connectivity index (χ2v) is 5.14. The third kappa shape index (κ3) is 2.30. The summed E-state index contributed by atoms with van der Waals surface area (Å²) in [6, 6.07) is 15.6. The zero-order chi connectivity index (χ0) is 13.2. The summed E-state index contributed by atoms with van der Waals surface area (Å²) in [6.45, 7) is 0. The van der Waals surface area contributed by atoms with Crippen LogP contribution in [0.2, 0.25) is 0 Å². The maximum absolute atomic E-state index is 12.1. The Hall–Kier alpha value is -2.33. The van der Waals surface area contributed by atoms with E-state index in [0.29, 0.717) is 10.6 Å². The molecule has 0 aliphatic carbocycles. The SMILES string of the molecule is Nc1ccsc1C(=O)Nc1ccc2ccccc2c1. The molecule has 0 aliphatic rings. The van der Waals surface area contributed by atoms with Gasteiger partial charge in [0.15, 0.2) is 0 Å². The van der Waals surface area contributed by atoms with Gasteiger partial charge in [-0.3, -0.25) is 4.79 Å². The molecule has 0 spiro atoms. The Morgan fingerprint density at radius 1 is 1.05 bits per heavy atom. The minimum atomic E-state index is -0.164. The van der Waals surface area contributed by atoms with Gasteiger partial charge in [-0.05, 0) is 34.4 Å². The van der Waals surface area contributed by atoms with Crippen molar-refractivity contribution in [3.8, 4) is 0 Å². The van der Waals surface area contributed by atoms with Gasteiger partial charge in [0.1, 0.15) is 4.88 Å². The smallest absolute Gasteiger partial charge is 0.267 e. The third-order valence-electron chi connectivity index (χ3n) is 2.91. The number of fused-ring (bicyclic) bond motifs is 1. The Bertz CT molecular complexity index is 748. The first-order valence-corrected chi connectivity index (χ1v) is 6.75. The van der Waals surface area contributed by atoms with Crippen LogP contribution in [-0.2, 0) is 0 Å². The second kappa shape index (κ2) is 4.74. The van der Waals surface area contributed by atoms with Crippen molar-refractivity contribution < 1.29 is 4.79 Å². The summed E-state index contributed by atoms with van der Waals surface area (Å²) in [5.41, 5.74) is 7.03. The molecule has 3 rings (SSSR count). The molecule has 19 heavy (non-hydrogen) atoms. The maximum Gasteiger partial charge on any atom is 0.267 e. The third-order valence-corrected chi connectivity index (χ3v) is 3.84. The first kappa shape index (κ1) is 11.7. The number of thiophene rings is 1. The number of carbonyl (C=O) groups excluding carboxylic acids is 1. The van der Waals surface area contributed by atoms with Crippen LogP contribution in [0, 0.1) is 0 Å². The fourth-order valence-electron chi connectivity index (χ4n) is 1.96. The molecule has 94 valence electrons. The van der Waals surface area contributed by atoms with Gasteiger partial charge in [0.25, 0.3) is 5.91 Å². The lowest BCUT2D eigenvalue weighted by Gasteiger charge is -2.06. The zero-order valence-electron chi connectivity index (χ0n) is 10.1. The summed E-state index contributed by atoms with van der Waals surface area (Å²) in [4.78, 5) is 12.6. The van der Waals surface area contributed by atoms with E-state index >= 15 is 0 Å². The van der Waals surface area contributed by atoms with Crippen molar-refractivity contribution in [2.75, 3.05) is 11.1 Å². The molecule has 0 saturated heterocycles. The van der Waals surface area contributed by atoms with E-state index in [1.54, 1.807) is 6.07 Å². The molecule has 2 aromatic carbocycles. The van der Waals surface area contributed by atoms with Crippen LogP contribution in [0.4, 0.5) is 11.4 Å². The van der Waals surface area contributed by atoms with Gasteiger partial charge in [0.2, 0.25) is 0 Å². The lowest BCUT2D eigenvalue weighted by atomic mass is 10.1. The van der Waals surface area contributed by atoms with Gasteiger partial charge in [0.05, 0.1) is 5.69 Å². The Labute approximate surface area is 114 Å². The van der Waals surface area contributed by atoms with Gasteiger partial charge in [-0.1, -0.05) is 30.3 Å². The van der Waals surface area contributed by atoms with E-state index in [1.165, 1.54) is 11.3 Å². The number of anilines is 2. The van der Waals surface area contributed by atoms with Crippen LogP contribution in [0.15, 0.2) is 53.9 Å². The summed E-state index contributed by atoms with van der Waals surface area (Å²) in [5.74, 6) is -0.164. The predicted octanol–water partition coefficient (Wildman–Crippen LogP) is 3.74. The highest BCUT2D eigenvalue weighted by atomic mass is 32.1. The molecular weight excluding hydrogens is 256 g/mol. The van der Waals surface area contributed by atoms with Gasteiger partial charge in [0, 0.05) is 5.69 Å². The molecular formula is C15H12N2OS. The van der Waals surface area contributed by atoms with Crippen LogP contribution in [0.1, 0.15) is 9.67 Å². The van der Waals surface area contributed by atoms with Gasteiger partial charge in [-0.15, -0.1) is 11.3 Å². The van der Waals surface area contributed by atoms with E-state index in [-0.39, 0.29) is 5.91 Å². The van der Waals surface area contributed by atoms with Crippen molar-refractivity contribution in [2.45, 2.75) is 0 Å². The van der Waals surface area contributed by atoms with Crippen LogP contribution in [0.3, 0.4) is 0 Å². The number of carbonyl (C=O) groups is 1. The van der Waals surface area contributed by atoms with Gasteiger partial charge < -0.3 is 11.1 Å². The minimum Gasteiger partial charge on any atom is -0.397 e. The Morgan fingerprint density at radius 3 is 2.58 bits per heavy atom. The zero-order valence-corrected chi connectivity index (χ0v) is 10.9. The Kier molecular flexibility index (Phi) is 2.93. The van der Waals surface area contributed by atoms with E-state index in [2.05, 4.69) is 5.32 Å². The average Bonchev–Trinajstić information content (AvgIpc) is 2.85. The summed E-state index contributed by atoms with van der Waals surface area (Å²) in [7, 11) is 0. The van der Waals surface area contributed by atoms with Gasteiger partial charge in [-0.2, -0.15) is 0 Å². The molecule has 0 saturated carbocycles. The van der Waals surface area contributed by atoms with E-state index < -0.39 is 0 Å². The second-order valence-electron chi connectivity index (χ2n) is 4.22. The number of amides is 1. The summed E-state index contributed by atoms with van der Waals surface area (Å²) in [5, 5.41) is 6.92. The van der Waals surface area contributed by atoms with E-state index in [4.69, 9.17) is 5.73 Å². The molecule has 1 amide bonds. The normalized spacial score (nSPS) is 10.5. The first-order chi connectivity index (χ1) is 9.24. The fourth-order valence-corrected chi connectivity index (χ4v) is 2.67. The van der Waals surface area contributed by atoms with Crippen LogP contribution < -0.4 is 11.1 Å². The Balaban J connectivity index is 1.89. The number of rotatable bonds is 2. The number of nitrogens with one attached hydrogen (secondary N) is 1. The standard InChI is InChI=1S/C15H12N2OS/c16-13-7-8-19-14(13)15(18)17-12-6-5-10-3-1-2-4-11(10)9-12/h1-9H,16H2,(H,17,18). The largest absolute Gasteiger partial charge is 0.397 e. The maximum atomic E-state index is 12.1. The van der Waals surface area contributed by atoms with Crippen molar-refractivity contribution in [3.63, 3.8) is 0 Å². The lowest BCUT2D eigenvalue weighted by Crippen LogP contribution is -2.11. The number of benzene rings is 2. The van der Waals surface area contributed by atoms with Crippen LogP contribution in [0.5, 0.6) is 0 Å². The minimum absolute atomic E-state index is 0.164. The van der Waals surface area contributed by atoms with Crippen molar-refractivity contribution in [1.29, 1.82) is 0 Å². The summed E-state index contributed by atoms with van der Waals surface area (Å²) >= 11 is 1.34. The predicted molar refractivity (Wildman–Crippen MR) is 80.6 cm³/mol. The summed E-state index contributed by atoms with van der Waals surface area (Å²) < 4.78 is 0. The number of nitrogen functional groups attached to an aromatic ring is 1. The van der Waals surface area contributed by atoms with Crippen LogP contribution in [0.25, 0.3) is 10.8 Å². The highest BCUT2D eigenvalue weighted by Crippen LogP contribution is 2.22. The van der Waals surface area contributed by atoms with Crippen molar-refractivity contribution in [2.24, 2.45) is 0 Å².